The number of aryl methyl sites for hydroxylation is 3. The Kier molecular flexibility index (Phi) is 6.62. The summed E-state index contributed by atoms with van der Waals surface area (Å²) < 4.78 is 38.1. The molecular formula is C23H25NO6S. The Bertz CT molecular complexity index is 1280. The van der Waals surface area contributed by atoms with Gasteiger partial charge in [0.15, 0.2) is 0 Å². The molecule has 0 aliphatic rings. The van der Waals surface area contributed by atoms with Gasteiger partial charge in [0.1, 0.15) is 17.4 Å². The fourth-order valence-electron chi connectivity index (χ4n) is 3.26. The summed E-state index contributed by atoms with van der Waals surface area (Å²) in [6, 6.07) is 10.00. The number of sulfonamides is 1. The summed E-state index contributed by atoms with van der Waals surface area (Å²) in [5.74, 6) is -0.569. The van der Waals surface area contributed by atoms with Crippen molar-refractivity contribution in [1.82, 2.24) is 4.72 Å². The lowest BCUT2D eigenvalue weighted by Gasteiger charge is -2.15. The topological polar surface area (TPSA) is 103 Å². The van der Waals surface area contributed by atoms with Gasteiger partial charge in [-0.25, -0.2) is 18.0 Å². The lowest BCUT2D eigenvalue weighted by Crippen LogP contribution is -2.40. The zero-order chi connectivity index (χ0) is 22.8. The minimum absolute atomic E-state index is 0.0601. The van der Waals surface area contributed by atoms with Gasteiger partial charge in [-0.15, -0.1) is 0 Å². The lowest BCUT2D eigenvalue weighted by atomic mass is 10.0. The zero-order valence-electron chi connectivity index (χ0n) is 17.9. The van der Waals surface area contributed by atoms with E-state index in [1.807, 2.05) is 13.8 Å². The Morgan fingerprint density at radius 2 is 1.81 bits per heavy atom. The predicted octanol–water partition coefficient (Wildman–Crippen LogP) is 3.63. The van der Waals surface area contributed by atoms with E-state index in [0.29, 0.717) is 11.1 Å². The molecule has 1 N–H and O–H groups in total. The van der Waals surface area contributed by atoms with E-state index in [4.69, 9.17) is 9.15 Å². The number of benzene rings is 2. The molecule has 0 aliphatic carbocycles. The Morgan fingerprint density at radius 3 is 2.45 bits per heavy atom. The maximum Gasteiger partial charge on any atom is 0.336 e. The van der Waals surface area contributed by atoms with Gasteiger partial charge in [-0.3, -0.25) is 0 Å². The summed E-state index contributed by atoms with van der Waals surface area (Å²) in [6.07, 6.45) is 1.59. The van der Waals surface area contributed by atoms with E-state index in [-0.39, 0.29) is 10.6 Å². The van der Waals surface area contributed by atoms with E-state index >= 15 is 0 Å². The van der Waals surface area contributed by atoms with Crippen molar-refractivity contribution >= 4 is 27.0 Å². The maximum absolute atomic E-state index is 12.6. The molecule has 164 valence electrons. The molecule has 1 atom stereocenters. The van der Waals surface area contributed by atoms with Gasteiger partial charge in [0.2, 0.25) is 10.0 Å². The van der Waals surface area contributed by atoms with Crippen LogP contribution in [0.1, 0.15) is 37.0 Å². The number of esters is 1. The van der Waals surface area contributed by atoms with E-state index < -0.39 is 27.7 Å². The number of hydrogen-bond donors (Lipinski definition) is 1. The molecule has 0 radical (unpaired) electrons. The van der Waals surface area contributed by atoms with Crippen LogP contribution in [0.3, 0.4) is 0 Å². The van der Waals surface area contributed by atoms with Crippen LogP contribution in [0.2, 0.25) is 0 Å². The van der Waals surface area contributed by atoms with Gasteiger partial charge in [-0.1, -0.05) is 31.0 Å². The summed E-state index contributed by atoms with van der Waals surface area (Å²) in [6.45, 7) is 6.96. The fourth-order valence-corrected chi connectivity index (χ4v) is 4.45. The van der Waals surface area contributed by atoms with Crippen LogP contribution in [0.5, 0.6) is 5.75 Å². The van der Waals surface area contributed by atoms with Crippen LogP contribution in [0.25, 0.3) is 11.0 Å². The standard InChI is InChI=1S/C23H25NO6S/c1-5-6-17-13-21(25)30-22-15(3)20(12-11-19(17)22)29-23(26)16(4)24-31(27,28)18-9-7-14(2)8-10-18/h7-13,16,24H,5-6H2,1-4H3. The molecule has 8 heteroatoms. The Hall–Kier alpha value is -2.97. The first kappa shape index (κ1) is 22.7. The highest BCUT2D eigenvalue weighted by molar-refractivity contribution is 7.89. The minimum Gasteiger partial charge on any atom is -0.425 e. The van der Waals surface area contributed by atoms with Crippen molar-refractivity contribution in [1.29, 1.82) is 0 Å². The normalized spacial score (nSPS) is 12.6. The number of carbonyl (C=O) groups excluding carboxylic acids is 1. The Labute approximate surface area is 181 Å². The second-order valence-electron chi connectivity index (χ2n) is 7.48. The Balaban J connectivity index is 1.83. The van der Waals surface area contributed by atoms with Crippen molar-refractivity contribution in [3.63, 3.8) is 0 Å². The van der Waals surface area contributed by atoms with Crippen LogP contribution in [0, 0.1) is 13.8 Å². The van der Waals surface area contributed by atoms with Gasteiger partial charge in [-0.05, 0) is 57.0 Å². The maximum atomic E-state index is 12.6. The average Bonchev–Trinajstić information content (AvgIpc) is 2.70. The molecule has 0 spiro atoms. The SMILES string of the molecule is CCCc1cc(=O)oc2c(C)c(OC(=O)C(C)NS(=O)(=O)c3ccc(C)cc3)ccc12. The summed E-state index contributed by atoms with van der Waals surface area (Å²) >= 11 is 0. The van der Waals surface area contributed by atoms with Crippen LogP contribution in [0.15, 0.2) is 56.6 Å². The average molecular weight is 444 g/mol. The van der Waals surface area contributed by atoms with Crippen molar-refractivity contribution in [3.8, 4) is 5.75 Å². The highest BCUT2D eigenvalue weighted by atomic mass is 32.2. The third-order valence-corrected chi connectivity index (χ3v) is 6.50. The predicted molar refractivity (Wildman–Crippen MR) is 118 cm³/mol. The van der Waals surface area contributed by atoms with Crippen molar-refractivity contribution in [2.24, 2.45) is 0 Å². The van der Waals surface area contributed by atoms with E-state index in [0.717, 1.165) is 29.4 Å². The molecule has 0 aliphatic heterocycles. The summed E-state index contributed by atoms with van der Waals surface area (Å²) in [5, 5.41) is 0.784. The first-order chi connectivity index (χ1) is 14.6. The number of fused-ring (bicyclic) bond motifs is 1. The number of rotatable bonds is 7. The summed E-state index contributed by atoms with van der Waals surface area (Å²) in [5.41, 5.74) is 2.17. The molecule has 0 bridgehead atoms. The van der Waals surface area contributed by atoms with Gasteiger partial charge >= 0.3 is 11.6 Å². The highest BCUT2D eigenvalue weighted by Crippen LogP contribution is 2.29. The summed E-state index contributed by atoms with van der Waals surface area (Å²) in [7, 11) is -3.89. The van der Waals surface area contributed by atoms with Gasteiger partial charge < -0.3 is 9.15 Å². The van der Waals surface area contributed by atoms with Gasteiger partial charge in [-0.2, -0.15) is 4.72 Å². The van der Waals surface area contributed by atoms with E-state index in [1.165, 1.54) is 25.1 Å². The van der Waals surface area contributed by atoms with Crippen molar-refractivity contribution in [2.45, 2.75) is 51.5 Å². The van der Waals surface area contributed by atoms with E-state index in [1.54, 1.807) is 31.2 Å². The fraction of sp³-hybridized carbons (Fsp3) is 0.304. The molecular weight excluding hydrogens is 418 g/mol. The number of ether oxygens (including phenoxy) is 1. The molecule has 0 saturated heterocycles. The molecule has 31 heavy (non-hydrogen) atoms. The number of hydrogen-bond acceptors (Lipinski definition) is 6. The molecule has 0 saturated carbocycles. The lowest BCUT2D eigenvalue weighted by molar-refractivity contribution is -0.135. The molecule has 0 fully saturated rings. The molecule has 7 nitrogen and oxygen atoms in total. The molecule has 1 unspecified atom stereocenters. The third-order valence-electron chi connectivity index (χ3n) is 4.94. The monoisotopic (exact) mass is 443 g/mol. The number of nitrogens with one attached hydrogen (secondary N) is 1. The van der Waals surface area contributed by atoms with Gasteiger partial charge in [0, 0.05) is 17.0 Å². The van der Waals surface area contributed by atoms with Crippen LogP contribution < -0.4 is 15.1 Å². The van der Waals surface area contributed by atoms with Crippen LogP contribution in [-0.2, 0) is 21.2 Å². The molecule has 3 rings (SSSR count). The molecule has 1 heterocycles. The highest BCUT2D eigenvalue weighted by Gasteiger charge is 2.24. The van der Waals surface area contributed by atoms with Crippen LogP contribution >= 0.6 is 0 Å². The first-order valence-corrected chi connectivity index (χ1v) is 11.5. The van der Waals surface area contributed by atoms with Crippen LogP contribution in [0.4, 0.5) is 0 Å². The quantitative estimate of drug-likeness (QED) is 0.340. The second kappa shape index (κ2) is 9.03. The molecule has 1 aromatic heterocycles. The largest absolute Gasteiger partial charge is 0.425 e. The first-order valence-electron chi connectivity index (χ1n) is 9.99. The third kappa shape index (κ3) is 5.03. The Morgan fingerprint density at radius 1 is 1.13 bits per heavy atom. The second-order valence-corrected chi connectivity index (χ2v) is 9.20. The summed E-state index contributed by atoms with van der Waals surface area (Å²) in [4.78, 5) is 24.6. The molecule has 0 amide bonds. The molecule has 3 aromatic rings. The van der Waals surface area contributed by atoms with Crippen molar-refractivity contribution in [2.75, 3.05) is 0 Å². The van der Waals surface area contributed by atoms with Gasteiger partial charge in [0.05, 0.1) is 4.90 Å². The number of carbonyl (C=O) groups is 1. The zero-order valence-corrected chi connectivity index (χ0v) is 18.7. The van der Waals surface area contributed by atoms with Crippen molar-refractivity contribution in [3.05, 3.63) is 69.6 Å². The van der Waals surface area contributed by atoms with E-state index in [2.05, 4.69) is 4.72 Å². The minimum atomic E-state index is -3.89. The van der Waals surface area contributed by atoms with Gasteiger partial charge in [0.25, 0.3) is 0 Å². The van der Waals surface area contributed by atoms with E-state index in [9.17, 15) is 18.0 Å². The van der Waals surface area contributed by atoms with Crippen LogP contribution in [-0.4, -0.2) is 20.4 Å². The smallest absolute Gasteiger partial charge is 0.336 e. The molecule has 2 aromatic carbocycles. The van der Waals surface area contributed by atoms with Crippen molar-refractivity contribution < 1.29 is 22.4 Å².